The van der Waals surface area contributed by atoms with Crippen molar-refractivity contribution >= 4 is 166 Å². The summed E-state index contributed by atoms with van der Waals surface area (Å²) in [7, 11) is 0. The first kappa shape index (κ1) is 25.8. The number of hydrogen-bond donors (Lipinski definition) is 3. The van der Waals surface area contributed by atoms with Crippen molar-refractivity contribution in [2.45, 2.75) is 0 Å². The van der Waals surface area contributed by atoms with E-state index in [0.717, 1.165) is 0 Å². The fraction of sp³-hybridized carbons (Fsp3) is 0. The standard InChI is InChI=1S/C20H5Br3I4O5/c21-7-1-4(11(20(30)31)13(23)12(7)22)10-5-2-8(24)16(28)14(26)18(5)32-19-6(10)3-9(25)17(29)15(19)27/h1-3H,(H2-,28,29,30,31)/p+1. The predicted octanol–water partition coefficient (Wildman–Crippen LogP) is 9.35. The Kier molecular flexibility index (Phi) is 7.80. The molecule has 1 heterocycles. The molecule has 0 aliphatic carbocycles. The van der Waals surface area contributed by atoms with Crippen LogP contribution in [0.2, 0.25) is 0 Å². The molecule has 0 bridgehead atoms. The zero-order chi connectivity index (χ0) is 23.6. The van der Waals surface area contributed by atoms with Crippen LogP contribution >= 0.6 is 138 Å². The van der Waals surface area contributed by atoms with Crippen LogP contribution in [0.15, 0.2) is 36.0 Å². The first-order chi connectivity index (χ1) is 15.0. The summed E-state index contributed by atoms with van der Waals surface area (Å²) in [6, 6.07) is 5.28. The van der Waals surface area contributed by atoms with Crippen molar-refractivity contribution in [3.63, 3.8) is 0 Å². The summed E-state index contributed by atoms with van der Waals surface area (Å²) in [5, 5.41) is 32.4. The number of phenolic OH excluding ortho intramolecular Hbond substituents is 2. The van der Waals surface area contributed by atoms with Crippen LogP contribution < -0.4 is 0 Å². The van der Waals surface area contributed by atoms with Gasteiger partial charge in [-0.1, -0.05) is 0 Å². The maximum atomic E-state index is 12.4. The van der Waals surface area contributed by atoms with Crippen LogP contribution in [0.5, 0.6) is 11.5 Å². The van der Waals surface area contributed by atoms with Gasteiger partial charge in [-0.15, -0.1) is 0 Å². The number of carbonyl (C=O) groups is 1. The molecule has 0 saturated heterocycles. The number of carboxylic acid groups (broad SMARTS) is 1. The molecule has 0 aliphatic heterocycles. The molecule has 0 amide bonds. The van der Waals surface area contributed by atoms with Crippen LogP contribution in [0.1, 0.15) is 10.4 Å². The van der Waals surface area contributed by atoms with Crippen molar-refractivity contribution in [1.82, 2.24) is 0 Å². The van der Waals surface area contributed by atoms with Crippen molar-refractivity contribution < 1.29 is 24.5 Å². The topological polar surface area (TPSA) is 89.1 Å². The van der Waals surface area contributed by atoms with Gasteiger partial charge in [0.2, 0.25) is 0 Å². The van der Waals surface area contributed by atoms with E-state index in [4.69, 9.17) is 4.42 Å². The van der Waals surface area contributed by atoms with Gasteiger partial charge in [0, 0.05) is 24.5 Å². The van der Waals surface area contributed by atoms with E-state index in [1.54, 1.807) is 18.2 Å². The van der Waals surface area contributed by atoms with Crippen LogP contribution in [0.3, 0.4) is 0 Å². The number of carboxylic acids is 1. The second-order valence-electron chi connectivity index (χ2n) is 6.49. The number of fused-ring (bicyclic) bond motifs is 2. The van der Waals surface area contributed by atoms with Crippen molar-refractivity contribution in [3.05, 3.63) is 51.5 Å². The molecule has 0 fully saturated rings. The summed E-state index contributed by atoms with van der Waals surface area (Å²) in [4.78, 5) is 12.4. The van der Waals surface area contributed by atoms with Crippen molar-refractivity contribution in [1.29, 1.82) is 0 Å². The quantitative estimate of drug-likeness (QED) is 0.0807. The fourth-order valence-electron chi connectivity index (χ4n) is 3.29. The van der Waals surface area contributed by atoms with Gasteiger partial charge < -0.3 is 15.3 Å². The summed E-state index contributed by atoms with van der Waals surface area (Å²) in [6.07, 6.45) is 0. The van der Waals surface area contributed by atoms with Gasteiger partial charge in [0.25, 0.3) is 0 Å². The molecule has 32 heavy (non-hydrogen) atoms. The number of halogens is 7. The van der Waals surface area contributed by atoms with Gasteiger partial charge in [0.1, 0.15) is 0 Å². The lowest BCUT2D eigenvalue weighted by molar-refractivity contribution is 0.0696. The summed E-state index contributed by atoms with van der Waals surface area (Å²) >= 11 is 18.4. The lowest BCUT2D eigenvalue weighted by atomic mass is 9.93. The molecule has 0 spiro atoms. The van der Waals surface area contributed by atoms with Gasteiger partial charge in [-0.05, 0) is 156 Å². The molecule has 5 nitrogen and oxygen atoms in total. The molecule has 164 valence electrons. The molecule has 0 aliphatic rings. The molecule has 0 unspecified atom stereocenters. The highest BCUT2D eigenvalue weighted by Crippen LogP contribution is 2.48. The molecule has 3 N–H and O–H groups in total. The van der Waals surface area contributed by atoms with Crippen LogP contribution in [0.4, 0.5) is 0 Å². The number of phenols is 2. The molecule has 3 aromatic carbocycles. The Bertz CT molecular complexity index is 1440. The van der Waals surface area contributed by atoms with E-state index in [2.05, 4.69) is 47.8 Å². The molecule has 12 heteroatoms. The first-order valence-corrected chi connectivity index (χ1v) is 15.0. The van der Waals surface area contributed by atoms with Gasteiger partial charge in [0.05, 0.1) is 23.5 Å². The Balaban J connectivity index is 2.39. The van der Waals surface area contributed by atoms with Gasteiger partial charge in [0.15, 0.2) is 18.6 Å². The molecular formula is C20H6Br3I4O5+. The number of aromatic hydroxyl groups is 2. The number of rotatable bonds is 2. The Labute approximate surface area is 260 Å². The molecule has 4 aromatic rings. The highest BCUT2D eigenvalue weighted by Gasteiger charge is 2.32. The summed E-state index contributed by atoms with van der Waals surface area (Å²) in [5.74, 6) is -0.947. The number of benzene rings is 3. The minimum atomic E-state index is -1.10. The average Bonchev–Trinajstić information content (AvgIpc) is 2.73. The van der Waals surface area contributed by atoms with E-state index in [-0.39, 0.29) is 17.1 Å². The third-order valence-corrected chi connectivity index (χ3v) is 11.6. The Morgan fingerprint density at radius 3 is 1.72 bits per heavy atom. The molecule has 0 atom stereocenters. The van der Waals surface area contributed by atoms with Crippen molar-refractivity contribution in [2.24, 2.45) is 0 Å². The summed E-state index contributed by atoms with van der Waals surface area (Å²) < 4.78 is 10.0. The number of hydrogen-bond acceptors (Lipinski definition) is 3. The van der Waals surface area contributed by atoms with Gasteiger partial charge >= 0.3 is 17.1 Å². The predicted molar refractivity (Wildman–Crippen MR) is 168 cm³/mol. The average molecular weight is 1070 g/mol. The van der Waals surface area contributed by atoms with Crippen LogP contribution in [0, 0.1) is 14.3 Å². The lowest BCUT2D eigenvalue weighted by Gasteiger charge is -2.15. The summed E-state index contributed by atoms with van der Waals surface area (Å²) in [5.41, 5.74) is 1.95. The van der Waals surface area contributed by atoms with Crippen LogP contribution in [0.25, 0.3) is 33.1 Å². The second kappa shape index (κ2) is 9.67. The highest BCUT2D eigenvalue weighted by atomic mass is 127. The van der Waals surface area contributed by atoms with E-state index in [9.17, 15) is 20.1 Å². The first-order valence-electron chi connectivity index (χ1n) is 8.34. The molecule has 0 radical (unpaired) electrons. The Morgan fingerprint density at radius 2 is 1.28 bits per heavy atom. The third kappa shape index (κ3) is 4.18. The molecule has 0 saturated carbocycles. The highest BCUT2D eigenvalue weighted by molar-refractivity contribution is 14.1. The monoisotopic (exact) mass is 1070 g/mol. The Hall–Kier alpha value is 0.760. The maximum absolute atomic E-state index is 12.4. The Morgan fingerprint density at radius 1 is 0.812 bits per heavy atom. The van der Waals surface area contributed by atoms with E-state index in [1.807, 2.05) is 90.4 Å². The van der Waals surface area contributed by atoms with E-state index in [0.29, 0.717) is 60.8 Å². The normalized spacial score (nSPS) is 11.5. The van der Waals surface area contributed by atoms with E-state index >= 15 is 0 Å². The van der Waals surface area contributed by atoms with Crippen LogP contribution in [-0.2, 0) is 0 Å². The zero-order valence-electron chi connectivity index (χ0n) is 15.0. The van der Waals surface area contributed by atoms with Gasteiger partial charge in [-0.3, -0.25) is 0 Å². The zero-order valence-corrected chi connectivity index (χ0v) is 28.4. The van der Waals surface area contributed by atoms with Gasteiger partial charge in [-0.2, -0.15) is 0 Å². The largest absolute Gasteiger partial charge is 0.505 e. The minimum absolute atomic E-state index is 0.0741. The molecule has 1 aromatic heterocycles. The van der Waals surface area contributed by atoms with Gasteiger partial charge in [-0.25, -0.2) is 9.21 Å². The van der Waals surface area contributed by atoms with E-state index in [1.165, 1.54) is 0 Å². The number of aromatic carboxylic acids is 1. The minimum Gasteiger partial charge on any atom is -0.505 e. The molecule has 4 rings (SSSR count). The smallest absolute Gasteiger partial charge is 0.378 e. The van der Waals surface area contributed by atoms with Crippen LogP contribution in [-0.4, -0.2) is 21.3 Å². The van der Waals surface area contributed by atoms with E-state index < -0.39 is 5.97 Å². The summed E-state index contributed by atoms with van der Waals surface area (Å²) in [6.45, 7) is 0. The maximum Gasteiger partial charge on any atom is 0.378 e. The second-order valence-corrected chi connectivity index (χ2v) is 13.4. The van der Waals surface area contributed by atoms with Crippen molar-refractivity contribution in [2.75, 3.05) is 0 Å². The third-order valence-electron chi connectivity index (χ3n) is 4.69. The SMILES string of the molecule is O=C(O)c1c(-c2c3cc(I)c(O)c(I)c3[o+]c3c(I)c(O)c(I)cc23)cc(Br)c(Br)c1Br. The lowest BCUT2D eigenvalue weighted by Crippen LogP contribution is -2.04. The van der Waals surface area contributed by atoms with Crippen molar-refractivity contribution in [3.8, 4) is 22.6 Å². The molecular weight excluding hydrogens is 1070 g/mol. The fourth-order valence-corrected chi connectivity index (χ4v) is 8.47.